The van der Waals surface area contributed by atoms with E-state index in [0.717, 1.165) is 19.0 Å². The van der Waals surface area contributed by atoms with Crippen molar-refractivity contribution in [3.05, 3.63) is 33.9 Å². The second-order valence-corrected chi connectivity index (χ2v) is 4.97. The summed E-state index contributed by atoms with van der Waals surface area (Å²) in [5.41, 5.74) is 3.29. The van der Waals surface area contributed by atoms with E-state index in [1.807, 2.05) is 13.0 Å². The van der Waals surface area contributed by atoms with Crippen LogP contribution < -0.4 is 0 Å². The molecule has 0 unspecified atom stereocenters. The predicted molar refractivity (Wildman–Crippen MR) is 82.9 cm³/mol. The van der Waals surface area contributed by atoms with Crippen LogP contribution in [0.2, 0.25) is 0 Å². The number of rotatable bonds is 5. The zero-order chi connectivity index (χ0) is 16.6. The number of aliphatic hydroxyl groups excluding tert-OH is 1. The Morgan fingerprint density at radius 1 is 1.00 bits per heavy atom. The molecule has 21 heavy (non-hydrogen) atoms. The van der Waals surface area contributed by atoms with Gasteiger partial charge in [-0.15, -0.1) is 0 Å². The molecule has 0 fully saturated rings. The lowest BCUT2D eigenvalue weighted by molar-refractivity contribution is -0.116. The van der Waals surface area contributed by atoms with E-state index in [9.17, 15) is 14.4 Å². The summed E-state index contributed by atoms with van der Waals surface area (Å²) in [5, 5.41) is 7.00. The molecule has 1 aliphatic rings. The van der Waals surface area contributed by atoms with Crippen molar-refractivity contribution in [1.82, 2.24) is 0 Å². The van der Waals surface area contributed by atoms with E-state index in [2.05, 4.69) is 0 Å². The SMILES string of the molecule is CC1=C(C)C(=O)C(C/C=C(\C)CCC=O)=C(C)C1=O.CO. The van der Waals surface area contributed by atoms with Gasteiger partial charge in [0.15, 0.2) is 11.6 Å². The van der Waals surface area contributed by atoms with Gasteiger partial charge in [0.2, 0.25) is 0 Å². The third kappa shape index (κ3) is 4.90. The van der Waals surface area contributed by atoms with Crippen LogP contribution in [-0.4, -0.2) is 30.1 Å². The maximum Gasteiger partial charge on any atom is 0.185 e. The Bertz CT molecular complexity index is 519. The van der Waals surface area contributed by atoms with Crippen LogP contribution in [0.25, 0.3) is 0 Å². The zero-order valence-electron chi connectivity index (χ0n) is 13.4. The molecule has 0 aliphatic heterocycles. The third-order valence-electron chi connectivity index (χ3n) is 3.62. The molecule has 0 atom stereocenters. The smallest absolute Gasteiger partial charge is 0.185 e. The minimum absolute atomic E-state index is 0.0333. The van der Waals surface area contributed by atoms with Crippen LogP contribution in [0.4, 0.5) is 0 Å². The summed E-state index contributed by atoms with van der Waals surface area (Å²) in [4.78, 5) is 34.4. The van der Waals surface area contributed by atoms with E-state index in [1.54, 1.807) is 20.8 Å². The number of aldehydes is 1. The highest BCUT2D eigenvalue weighted by Gasteiger charge is 2.26. The molecule has 0 saturated carbocycles. The highest BCUT2D eigenvalue weighted by molar-refractivity contribution is 6.24. The molecule has 1 rings (SSSR count). The van der Waals surface area contributed by atoms with E-state index >= 15 is 0 Å². The van der Waals surface area contributed by atoms with Gasteiger partial charge in [0.25, 0.3) is 0 Å². The molecule has 0 radical (unpaired) electrons. The fourth-order valence-electron chi connectivity index (χ4n) is 2.07. The number of hydrogen-bond donors (Lipinski definition) is 1. The van der Waals surface area contributed by atoms with Crippen LogP contribution in [0.5, 0.6) is 0 Å². The number of allylic oxidation sites excluding steroid dienone is 6. The van der Waals surface area contributed by atoms with Crippen molar-refractivity contribution in [2.24, 2.45) is 0 Å². The van der Waals surface area contributed by atoms with Gasteiger partial charge >= 0.3 is 0 Å². The summed E-state index contributed by atoms with van der Waals surface area (Å²) in [6.45, 7) is 7.04. The Morgan fingerprint density at radius 2 is 1.52 bits per heavy atom. The number of carbonyl (C=O) groups excluding carboxylic acids is 3. The number of ketones is 2. The van der Waals surface area contributed by atoms with Crippen molar-refractivity contribution >= 4 is 17.9 Å². The number of Topliss-reactive ketones (excluding diaryl/α,β-unsaturated/α-hetero) is 2. The predicted octanol–water partition coefficient (Wildman–Crippen LogP) is 2.72. The average Bonchev–Trinajstić information content (AvgIpc) is 2.50. The van der Waals surface area contributed by atoms with Gasteiger partial charge in [0.1, 0.15) is 6.29 Å². The van der Waals surface area contributed by atoms with Gasteiger partial charge in [0, 0.05) is 35.8 Å². The first-order valence-electron chi connectivity index (χ1n) is 6.90. The molecule has 1 aliphatic carbocycles. The molecular formula is C17H24O4. The highest BCUT2D eigenvalue weighted by atomic mass is 16.2. The summed E-state index contributed by atoms with van der Waals surface area (Å²) in [5.74, 6) is -0.0694. The monoisotopic (exact) mass is 292 g/mol. The molecule has 4 heteroatoms. The van der Waals surface area contributed by atoms with Crippen molar-refractivity contribution in [2.75, 3.05) is 7.11 Å². The molecule has 0 aromatic carbocycles. The Balaban J connectivity index is 0.00000191. The molecule has 116 valence electrons. The van der Waals surface area contributed by atoms with E-state index in [0.29, 0.717) is 41.6 Å². The molecule has 0 aromatic heterocycles. The second-order valence-electron chi connectivity index (χ2n) is 4.97. The van der Waals surface area contributed by atoms with Crippen molar-refractivity contribution in [3.8, 4) is 0 Å². The minimum atomic E-state index is -0.0361. The molecular weight excluding hydrogens is 268 g/mol. The fourth-order valence-corrected chi connectivity index (χ4v) is 2.07. The first kappa shape index (κ1) is 19.2. The Kier molecular flexibility index (Phi) is 8.39. The minimum Gasteiger partial charge on any atom is -0.400 e. The molecule has 1 N–H and O–H groups in total. The maximum absolute atomic E-state index is 12.2. The fraction of sp³-hybridized carbons (Fsp3) is 0.471. The summed E-state index contributed by atoms with van der Waals surface area (Å²) in [6.07, 6.45) is 4.47. The Labute approximate surface area is 126 Å². The first-order chi connectivity index (χ1) is 9.90. The van der Waals surface area contributed by atoms with Gasteiger partial charge in [-0.05, 0) is 40.5 Å². The summed E-state index contributed by atoms with van der Waals surface area (Å²) in [7, 11) is 1.00. The van der Waals surface area contributed by atoms with Crippen LogP contribution in [-0.2, 0) is 14.4 Å². The van der Waals surface area contributed by atoms with Gasteiger partial charge in [-0.25, -0.2) is 0 Å². The van der Waals surface area contributed by atoms with Crippen LogP contribution >= 0.6 is 0 Å². The zero-order valence-corrected chi connectivity index (χ0v) is 13.4. The Hall–Kier alpha value is -1.81. The molecule has 0 amide bonds. The maximum atomic E-state index is 12.2. The van der Waals surface area contributed by atoms with Gasteiger partial charge in [-0.1, -0.05) is 11.6 Å². The van der Waals surface area contributed by atoms with Crippen molar-refractivity contribution in [1.29, 1.82) is 0 Å². The highest BCUT2D eigenvalue weighted by Crippen LogP contribution is 2.26. The molecule has 0 bridgehead atoms. The molecule has 0 spiro atoms. The van der Waals surface area contributed by atoms with Crippen LogP contribution in [0.15, 0.2) is 33.9 Å². The molecule has 0 saturated heterocycles. The number of hydrogen-bond acceptors (Lipinski definition) is 4. The number of carbonyl (C=O) groups is 3. The number of aliphatic hydroxyl groups is 1. The van der Waals surface area contributed by atoms with Crippen molar-refractivity contribution in [2.45, 2.75) is 47.0 Å². The topological polar surface area (TPSA) is 71.4 Å². The quantitative estimate of drug-likeness (QED) is 0.480. The van der Waals surface area contributed by atoms with Gasteiger partial charge in [0.05, 0.1) is 0 Å². The summed E-state index contributed by atoms with van der Waals surface area (Å²) >= 11 is 0. The van der Waals surface area contributed by atoms with Gasteiger partial charge < -0.3 is 9.90 Å². The van der Waals surface area contributed by atoms with Gasteiger partial charge in [-0.2, -0.15) is 0 Å². The Morgan fingerprint density at radius 3 is 2.05 bits per heavy atom. The van der Waals surface area contributed by atoms with E-state index in [1.165, 1.54) is 0 Å². The third-order valence-corrected chi connectivity index (χ3v) is 3.62. The van der Waals surface area contributed by atoms with E-state index in [-0.39, 0.29) is 11.6 Å². The van der Waals surface area contributed by atoms with Crippen molar-refractivity contribution < 1.29 is 19.5 Å². The first-order valence-corrected chi connectivity index (χ1v) is 6.90. The van der Waals surface area contributed by atoms with Crippen LogP contribution in [0.3, 0.4) is 0 Å². The normalized spacial score (nSPS) is 16.0. The lowest BCUT2D eigenvalue weighted by atomic mass is 9.84. The standard InChI is InChI=1S/C16H20O3.CH4O/c1-10(6-5-9-17)7-8-14-13(4)15(18)11(2)12(3)16(14)19;1-2/h7,9H,5-6,8H2,1-4H3;2H,1H3/b10-7+;. The second kappa shape index (κ2) is 9.19. The van der Waals surface area contributed by atoms with Crippen LogP contribution in [0, 0.1) is 0 Å². The van der Waals surface area contributed by atoms with Crippen molar-refractivity contribution in [3.63, 3.8) is 0 Å². The molecule has 0 heterocycles. The lowest BCUT2D eigenvalue weighted by Crippen LogP contribution is -2.20. The van der Waals surface area contributed by atoms with Gasteiger partial charge in [-0.3, -0.25) is 9.59 Å². The molecule has 0 aromatic rings. The van der Waals surface area contributed by atoms with E-state index in [4.69, 9.17) is 5.11 Å². The summed E-state index contributed by atoms with van der Waals surface area (Å²) in [6, 6.07) is 0. The largest absolute Gasteiger partial charge is 0.400 e. The van der Waals surface area contributed by atoms with E-state index < -0.39 is 0 Å². The lowest BCUT2D eigenvalue weighted by Gasteiger charge is -2.17. The summed E-state index contributed by atoms with van der Waals surface area (Å²) < 4.78 is 0. The van der Waals surface area contributed by atoms with Crippen LogP contribution in [0.1, 0.15) is 47.0 Å². The molecule has 4 nitrogen and oxygen atoms in total. The average molecular weight is 292 g/mol.